The van der Waals surface area contributed by atoms with Crippen LogP contribution in [-0.4, -0.2) is 31.9 Å². The van der Waals surface area contributed by atoms with Gasteiger partial charge in [-0.25, -0.2) is 15.0 Å². The summed E-state index contributed by atoms with van der Waals surface area (Å²) >= 11 is 0. The van der Waals surface area contributed by atoms with Gasteiger partial charge in [0.25, 0.3) is 5.91 Å². The number of hydrogen-bond donors (Lipinski definition) is 1. The number of hydrogen-bond acceptors (Lipinski definition) is 5. The molecular weight excluding hydrogens is 354 g/mol. The van der Waals surface area contributed by atoms with Crippen LogP contribution < -0.4 is 10.1 Å². The summed E-state index contributed by atoms with van der Waals surface area (Å²) < 4.78 is 7.33. The molecule has 0 fully saturated rings. The maximum Gasteiger partial charge on any atom is 0.317 e. The number of amides is 1. The Balaban J connectivity index is 1.47. The van der Waals surface area contributed by atoms with Crippen molar-refractivity contribution in [1.82, 2.24) is 19.4 Å². The number of nitrogens with zero attached hydrogens (tertiary/aromatic N) is 4. The molecule has 0 radical (unpaired) electrons. The van der Waals surface area contributed by atoms with Crippen LogP contribution >= 0.6 is 0 Å². The van der Waals surface area contributed by atoms with Gasteiger partial charge in [0, 0.05) is 35.5 Å². The Kier molecular flexibility index (Phi) is 4.72. The molecule has 0 spiro atoms. The van der Waals surface area contributed by atoms with Gasteiger partial charge in [-0.2, -0.15) is 0 Å². The summed E-state index contributed by atoms with van der Waals surface area (Å²) in [5.74, 6) is -0.284. The Morgan fingerprint density at radius 2 is 2.04 bits per heavy atom. The number of imidazole rings is 1. The van der Waals surface area contributed by atoms with Crippen LogP contribution in [0, 0.1) is 13.8 Å². The van der Waals surface area contributed by atoms with Crippen molar-refractivity contribution >= 4 is 17.2 Å². The van der Waals surface area contributed by atoms with E-state index < -0.39 is 0 Å². The SMILES string of the molecule is Cc1ccnc(OCC(=O)Nc2cccc(-c3cn4cccc(C)c4n3)c2)n1. The average molecular weight is 373 g/mol. The van der Waals surface area contributed by atoms with E-state index in [1.807, 2.05) is 67.0 Å². The Morgan fingerprint density at radius 1 is 1.14 bits per heavy atom. The molecule has 1 N–H and O–H groups in total. The van der Waals surface area contributed by atoms with Crippen molar-refractivity contribution in [3.05, 3.63) is 72.3 Å². The standard InChI is InChI=1S/C21H19N5O2/c1-14-5-4-10-26-12-18(25-20(14)26)16-6-3-7-17(11-16)24-19(27)13-28-21-22-9-8-15(2)23-21/h3-12H,13H2,1-2H3,(H,24,27). The molecule has 0 bridgehead atoms. The summed E-state index contributed by atoms with van der Waals surface area (Å²) in [5, 5.41) is 2.83. The first kappa shape index (κ1) is 17.7. The summed E-state index contributed by atoms with van der Waals surface area (Å²) in [7, 11) is 0. The number of aromatic nitrogens is 4. The second-order valence-corrected chi connectivity index (χ2v) is 6.45. The van der Waals surface area contributed by atoms with Gasteiger partial charge in [0.2, 0.25) is 0 Å². The molecule has 1 aromatic carbocycles. The fourth-order valence-corrected chi connectivity index (χ4v) is 2.87. The zero-order valence-electron chi connectivity index (χ0n) is 15.6. The van der Waals surface area contributed by atoms with Crippen LogP contribution in [0.25, 0.3) is 16.9 Å². The van der Waals surface area contributed by atoms with Crippen LogP contribution in [0.2, 0.25) is 0 Å². The number of rotatable bonds is 5. The highest BCUT2D eigenvalue weighted by atomic mass is 16.5. The second-order valence-electron chi connectivity index (χ2n) is 6.45. The molecule has 140 valence electrons. The molecule has 0 aliphatic rings. The van der Waals surface area contributed by atoms with Crippen LogP contribution in [0.4, 0.5) is 5.69 Å². The van der Waals surface area contributed by atoms with E-state index in [4.69, 9.17) is 9.72 Å². The maximum absolute atomic E-state index is 12.2. The minimum atomic E-state index is -0.284. The molecule has 7 heteroatoms. The number of anilines is 1. The summed E-state index contributed by atoms with van der Waals surface area (Å²) in [4.78, 5) is 25.0. The minimum absolute atomic E-state index is 0.165. The Bertz CT molecular complexity index is 1150. The molecule has 0 saturated heterocycles. The van der Waals surface area contributed by atoms with Gasteiger partial charge in [0.05, 0.1) is 5.69 Å². The molecule has 0 atom stereocenters. The molecule has 4 rings (SSSR count). The lowest BCUT2D eigenvalue weighted by atomic mass is 10.1. The molecular formula is C21H19N5O2. The zero-order valence-corrected chi connectivity index (χ0v) is 15.6. The summed E-state index contributed by atoms with van der Waals surface area (Å²) in [6.45, 7) is 3.70. The quantitative estimate of drug-likeness (QED) is 0.580. The van der Waals surface area contributed by atoms with Gasteiger partial charge in [-0.3, -0.25) is 4.79 Å². The molecule has 28 heavy (non-hydrogen) atoms. The van der Waals surface area contributed by atoms with Gasteiger partial charge in [-0.05, 0) is 43.7 Å². The minimum Gasteiger partial charge on any atom is -0.453 e. The van der Waals surface area contributed by atoms with Gasteiger partial charge in [-0.15, -0.1) is 0 Å². The largest absolute Gasteiger partial charge is 0.453 e. The molecule has 0 unspecified atom stereocenters. The van der Waals surface area contributed by atoms with Crippen molar-refractivity contribution in [3.63, 3.8) is 0 Å². The first-order valence-electron chi connectivity index (χ1n) is 8.85. The fourth-order valence-electron chi connectivity index (χ4n) is 2.87. The monoisotopic (exact) mass is 373 g/mol. The number of nitrogens with one attached hydrogen (secondary N) is 1. The third kappa shape index (κ3) is 3.83. The number of fused-ring (bicyclic) bond motifs is 1. The lowest BCUT2D eigenvalue weighted by Gasteiger charge is -2.07. The van der Waals surface area contributed by atoms with Crippen molar-refractivity contribution in [3.8, 4) is 17.3 Å². The molecule has 0 aliphatic heterocycles. The van der Waals surface area contributed by atoms with Crippen molar-refractivity contribution in [2.75, 3.05) is 11.9 Å². The molecule has 0 saturated carbocycles. The number of pyridine rings is 1. The average Bonchev–Trinajstić information content (AvgIpc) is 3.13. The van der Waals surface area contributed by atoms with Crippen LogP contribution in [0.5, 0.6) is 6.01 Å². The summed E-state index contributed by atoms with van der Waals surface area (Å²) in [6, 6.07) is 13.5. The van der Waals surface area contributed by atoms with Crippen LogP contribution in [-0.2, 0) is 4.79 Å². The Hall–Kier alpha value is -3.74. The van der Waals surface area contributed by atoms with Gasteiger partial charge in [0.15, 0.2) is 6.61 Å². The molecule has 7 nitrogen and oxygen atoms in total. The van der Waals surface area contributed by atoms with E-state index in [9.17, 15) is 4.79 Å². The first-order valence-corrected chi connectivity index (χ1v) is 8.85. The fraction of sp³-hybridized carbons (Fsp3) is 0.143. The number of aryl methyl sites for hydroxylation is 2. The number of benzene rings is 1. The van der Waals surface area contributed by atoms with Gasteiger partial charge in [-0.1, -0.05) is 18.2 Å². The number of carbonyl (C=O) groups is 1. The van der Waals surface area contributed by atoms with E-state index in [-0.39, 0.29) is 18.5 Å². The van der Waals surface area contributed by atoms with Crippen LogP contribution in [0.15, 0.2) is 61.1 Å². The topological polar surface area (TPSA) is 81.4 Å². The van der Waals surface area contributed by atoms with E-state index in [2.05, 4.69) is 15.3 Å². The lowest BCUT2D eigenvalue weighted by Crippen LogP contribution is -2.20. The van der Waals surface area contributed by atoms with Crippen LogP contribution in [0.1, 0.15) is 11.3 Å². The second kappa shape index (κ2) is 7.48. The van der Waals surface area contributed by atoms with Gasteiger partial charge < -0.3 is 14.5 Å². The third-order valence-electron chi connectivity index (χ3n) is 4.23. The van der Waals surface area contributed by atoms with Crippen molar-refractivity contribution in [2.45, 2.75) is 13.8 Å². The zero-order chi connectivity index (χ0) is 19.5. The Labute approximate surface area is 162 Å². The molecule has 1 amide bonds. The van der Waals surface area contributed by atoms with Gasteiger partial charge >= 0.3 is 6.01 Å². The summed E-state index contributed by atoms with van der Waals surface area (Å²) in [5.41, 5.74) is 5.23. The van der Waals surface area contributed by atoms with E-state index in [1.54, 1.807) is 12.3 Å². The molecule has 4 aromatic rings. The van der Waals surface area contributed by atoms with E-state index >= 15 is 0 Å². The van der Waals surface area contributed by atoms with E-state index in [0.717, 1.165) is 28.2 Å². The molecule has 3 aromatic heterocycles. The normalized spacial score (nSPS) is 10.8. The predicted molar refractivity (Wildman–Crippen MR) is 106 cm³/mol. The van der Waals surface area contributed by atoms with E-state index in [1.165, 1.54) is 0 Å². The van der Waals surface area contributed by atoms with Crippen molar-refractivity contribution in [2.24, 2.45) is 0 Å². The highest BCUT2D eigenvalue weighted by Gasteiger charge is 2.09. The smallest absolute Gasteiger partial charge is 0.317 e. The van der Waals surface area contributed by atoms with Gasteiger partial charge in [0.1, 0.15) is 5.65 Å². The maximum atomic E-state index is 12.2. The van der Waals surface area contributed by atoms with Crippen molar-refractivity contribution in [1.29, 1.82) is 0 Å². The number of carbonyl (C=O) groups excluding carboxylic acids is 1. The van der Waals surface area contributed by atoms with Crippen LogP contribution in [0.3, 0.4) is 0 Å². The predicted octanol–water partition coefficient (Wildman–Crippen LogP) is 3.43. The lowest BCUT2D eigenvalue weighted by molar-refractivity contribution is -0.118. The Morgan fingerprint density at radius 3 is 2.86 bits per heavy atom. The van der Waals surface area contributed by atoms with E-state index in [0.29, 0.717) is 5.69 Å². The van der Waals surface area contributed by atoms with Crippen molar-refractivity contribution < 1.29 is 9.53 Å². The molecule has 0 aliphatic carbocycles. The first-order chi connectivity index (χ1) is 13.6. The highest BCUT2D eigenvalue weighted by Crippen LogP contribution is 2.23. The summed E-state index contributed by atoms with van der Waals surface area (Å²) in [6.07, 6.45) is 5.53. The number of ether oxygens (including phenoxy) is 1. The highest BCUT2D eigenvalue weighted by molar-refractivity contribution is 5.92. The molecule has 3 heterocycles. The third-order valence-corrected chi connectivity index (χ3v) is 4.23.